The molecule has 3 rings (SSSR count). The largest absolute Gasteiger partial charge is 0.396 e. The first-order valence-corrected chi connectivity index (χ1v) is 8.76. The van der Waals surface area contributed by atoms with E-state index in [-0.39, 0.29) is 24.6 Å². The second kappa shape index (κ2) is 6.28. The number of para-hydroxylation sites is 1. The predicted octanol–water partition coefficient (Wildman–Crippen LogP) is 2.94. The van der Waals surface area contributed by atoms with E-state index < -0.39 is 0 Å². The van der Waals surface area contributed by atoms with Gasteiger partial charge in [0.2, 0.25) is 0 Å². The molecule has 2 bridgehead atoms. The fourth-order valence-corrected chi connectivity index (χ4v) is 4.51. The maximum Gasteiger partial charge on any atom is 0.319 e. The Labute approximate surface area is 129 Å². The molecule has 0 heterocycles. The van der Waals surface area contributed by atoms with Crippen LogP contribution in [-0.2, 0) is 0 Å². The van der Waals surface area contributed by atoms with Crippen LogP contribution in [0.2, 0.25) is 0 Å². The van der Waals surface area contributed by atoms with Gasteiger partial charge in [0.25, 0.3) is 0 Å². The van der Waals surface area contributed by atoms with E-state index in [4.69, 9.17) is 0 Å². The molecule has 2 amide bonds. The number of thioether (sulfide) groups is 1. The summed E-state index contributed by atoms with van der Waals surface area (Å²) in [6.07, 6.45) is 5.52. The van der Waals surface area contributed by atoms with Crippen molar-refractivity contribution in [2.45, 2.75) is 30.2 Å². The first-order chi connectivity index (χ1) is 10.2. The maximum absolute atomic E-state index is 12.3. The van der Waals surface area contributed by atoms with Crippen molar-refractivity contribution in [2.75, 3.05) is 18.2 Å². The Bertz CT molecular complexity index is 523. The smallest absolute Gasteiger partial charge is 0.319 e. The summed E-state index contributed by atoms with van der Waals surface area (Å²) in [5, 5.41) is 15.6. The minimum atomic E-state index is -0.160. The van der Waals surface area contributed by atoms with Crippen LogP contribution < -0.4 is 10.6 Å². The van der Waals surface area contributed by atoms with Crippen molar-refractivity contribution in [3.8, 4) is 0 Å². The van der Waals surface area contributed by atoms with Crippen molar-refractivity contribution < 1.29 is 9.90 Å². The summed E-state index contributed by atoms with van der Waals surface area (Å²) in [5.41, 5.74) is 0.839. The summed E-state index contributed by atoms with van der Waals surface area (Å²) in [7, 11) is 0. The highest BCUT2D eigenvalue weighted by Gasteiger charge is 2.47. The molecule has 114 valence electrons. The molecule has 3 N–H and O–H groups in total. The molecule has 4 unspecified atom stereocenters. The van der Waals surface area contributed by atoms with E-state index in [0.29, 0.717) is 11.8 Å². The molecule has 21 heavy (non-hydrogen) atoms. The minimum Gasteiger partial charge on any atom is -0.396 e. The van der Waals surface area contributed by atoms with Gasteiger partial charge >= 0.3 is 6.03 Å². The minimum absolute atomic E-state index is 0.121. The Morgan fingerprint density at radius 3 is 2.86 bits per heavy atom. The highest BCUT2D eigenvalue weighted by Crippen LogP contribution is 2.48. The summed E-state index contributed by atoms with van der Waals surface area (Å²) < 4.78 is 0. The van der Waals surface area contributed by atoms with Crippen LogP contribution in [0, 0.1) is 17.8 Å². The molecule has 2 fully saturated rings. The molecule has 4 nitrogen and oxygen atoms in total. The van der Waals surface area contributed by atoms with Crippen molar-refractivity contribution in [3.05, 3.63) is 24.3 Å². The third-order valence-corrected chi connectivity index (χ3v) is 5.75. The Morgan fingerprint density at radius 2 is 2.10 bits per heavy atom. The number of aliphatic hydroxyl groups is 1. The summed E-state index contributed by atoms with van der Waals surface area (Å²) in [6.45, 7) is 0.174. The lowest BCUT2D eigenvalue weighted by Gasteiger charge is -2.30. The molecule has 0 aliphatic heterocycles. The number of urea groups is 1. The topological polar surface area (TPSA) is 61.4 Å². The molecule has 0 saturated heterocycles. The number of fused-ring (bicyclic) bond motifs is 2. The monoisotopic (exact) mass is 306 g/mol. The SMILES string of the molecule is CSc1ccccc1NC(=O)NC1C2CCC(C2)C1CO. The van der Waals surface area contributed by atoms with Gasteiger partial charge in [0.15, 0.2) is 0 Å². The highest BCUT2D eigenvalue weighted by molar-refractivity contribution is 7.98. The molecule has 1 aromatic rings. The molecule has 0 spiro atoms. The molecule has 1 aromatic carbocycles. The standard InChI is InChI=1S/C16H22N2O2S/c1-21-14-5-3-2-4-13(14)17-16(20)18-15-11-7-6-10(8-11)12(15)9-19/h2-5,10-12,15,19H,6-9H2,1H3,(H2,17,18,20). The molecule has 5 heteroatoms. The zero-order valence-corrected chi connectivity index (χ0v) is 13.0. The highest BCUT2D eigenvalue weighted by atomic mass is 32.2. The second-order valence-electron chi connectivity index (χ2n) is 6.00. The van der Waals surface area contributed by atoms with Gasteiger partial charge in [-0.05, 0) is 49.5 Å². The first kappa shape index (κ1) is 14.7. The zero-order valence-electron chi connectivity index (χ0n) is 12.2. The van der Waals surface area contributed by atoms with Gasteiger partial charge in [0, 0.05) is 23.5 Å². The third kappa shape index (κ3) is 2.90. The van der Waals surface area contributed by atoms with E-state index in [2.05, 4.69) is 10.6 Å². The predicted molar refractivity (Wildman–Crippen MR) is 85.6 cm³/mol. The normalized spacial score (nSPS) is 30.4. The van der Waals surface area contributed by atoms with Gasteiger partial charge in [-0.3, -0.25) is 0 Å². The van der Waals surface area contributed by atoms with Crippen LogP contribution in [0.25, 0.3) is 0 Å². The van der Waals surface area contributed by atoms with Crippen LogP contribution in [0.4, 0.5) is 10.5 Å². The van der Waals surface area contributed by atoms with E-state index in [1.54, 1.807) is 11.8 Å². The van der Waals surface area contributed by atoms with Crippen LogP contribution in [-0.4, -0.2) is 30.0 Å². The van der Waals surface area contributed by atoms with Crippen molar-refractivity contribution in [3.63, 3.8) is 0 Å². The molecule has 2 aliphatic rings. The van der Waals surface area contributed by atoms with Gasteiger partial charge in [-0.2, -0.15) is 0 Å². The first-order valence-electron chi connectivity index (χ1n) is 7.54. The van der Waals surface area contributed by atoms with Crippen molar-refractivity contribution in [1.82, 2.24) is 5.32 Å². The maximum atomic E-state index is 12.3. The van der Waals surface area contributed by atoms with E-state index in [9.17, 15) is 9.90 Å². The lowest BCUT2D eigenvalue weighted by atomic mass is 9.85. The summed E-state index contributed by atoms with van der Waals surface area (Å²) in [5.74, 6) is 1.35. The Hall–Kier alpha value is -1.20. The van der Waals surface area contributed by atoms with Gasteiger partial charge < -0.3 is 15.7 Å². The number of nitrogens with one attached hydrogen (secondary N) is 2. The number of aliphatic hydroxyl groups excluding tert-OH is 1. The average Bonchev–Trinajstić information content (AvgIpc) is 3.08. The lowest BCUT2D eigenvalue weighted by Crippen LogP contribution is -2.46. The molecule has 2 saturated carbocycles. The van der Waals surface area contributed by atoms with E-state index in [1.807, 2.05) is 30.5 Å². The number of carbonyl (C=O) groups is 1. The van der Waals surface area contributed by atoms with Gasteiger partial charge in [-0.15, -0.1) is 11.8 Å². The summed E-state index contributed by atoms with van der Waals surface area (Å²) >= 11 is 1.61. The van der Waals surface area contributed by atoms with Gasteiger partial charge in [-0.1, -0.05) is 12.1 Å². The summed E-state index contributed by atoms with van der Waals surface area (Å²) in [4.78, 5) is 13.3. The van der Waals surface area contributed by atoms with Crippen LogP contribution in [0.1, 0.15) is 19.3 Å². The number of hydrogen-bond donors (Lipinski definition) is 3. The number of rotatable bonds is 4. The lowest BCUT2D eigenvalue weighted by molar-refractivity contribution is 0.146. The van der Waals surface area contributed by atoms with Gasteiger partial charge in [0.1, 0.15) is 0 Å². The molecule has 0 aromatic heterocycles. The molecule has 0 radical (unpaired) electrons. The van der Waals surface area contributed by atoms with E-state index >= 15 is 0 Å². The van der Waals surface area contributed by atoms with Gasteiger partial charge in [-0.25, -0.2) is 4.79 Å². The third-order valence-electron chi connectivity index (χ3n) is 4.95. The Morgan fingerprint density at radius 1 is 1.33 bits per heavy atom. The van der Waals surface area contributed by atoms with Crippen molar-refractivity contribution in [1.29, 1.82) is 0 Å². The second-order valence-corrected chi connectivity index (χ2v) is 6.85. The van der Waals surface area contributed by atoms with E-state index in [1.165, 1.54) is 12.8 Å². The van der Waals surface area contributed by atoms with Crippen LogP contribution in [0.15, 0.2) is 29.2 Å². The van der Waals surface area contributed by atoms with Crippen LogP contribution >= 0.6 is 11.8 Å². The Kier molecular flexibility index (Phi) is 4.40. The Balaban J connectivity index is 1.64. The molecule has 2 aliphatic carbocycles. The number of carbonyl (C=O) groups excluding carboxylic acids is 1. The number of benzene rings is 1. The fraction of sp³-hybridized carbons (Fsp3) is 0.562. The number of anilines is 1. The number of hydrogen-bond acceptors (Lipinski definition) is 3. The van der Waals surface area contributed by atoms with Crippen molar-refractivity contribution >= 4 is 23.5 Å². The molecular formula is C16H22N2O2S. The van der Waals surface area contributed by atoms with Crippen LogP contribution in [0.3, 0.4) is 0 Å². The molecule has 4 atom stereocenters. The van der Waals surface area contributed by atoms with Crippen molar-refractivity contribution in [2.24, 2.45) is 17.8 Å². The molecular weight excluding hydrogens is 284 g/mol. The average molecular weight is 306 g/mol. The summed E-state index contributed by atoms with van der Waals surface area (Å²) in [6, 6.07) is 7.75. The fourth-order valence-electron chi connectivity index (χ4n) is 3.96. The van der Waals surface area contributed by atoms with E-state index in [0.717, 1.165) is 17.0 Å². The number of amides is 2. The van der Waals surface area contributed by atoms with Crippen LogP contribution in [0.5, 0.6) is 0 Å². The zero-order chi connectivity index (χ0) is 14.8. The quantitative estimate of drug-likeness (QED) is 0.750. The van der Waals surface area contributed by atoms with Gasteiger partial charge in [0.05, 0.1) is 5.69 Å².